The summed E-state index contributed by atoms with van der Waals surface area (Å²) in [5.74, 6) is 2.00. The van der Waals surface area contributed by atoms with Gasteiger partial charge in [0, 0.05) is 31.2 Å². The number of hydrogen-bond donors (Lipinski definition) is 1. The summed E-state index contributed by atoms with van der Waals surface area (Å²) in [7, 11) is 0. The Hall–Kier alpha value is -3.33. The number of fused-ring (bicyclic) bond motifs is 1. The summed E-state index contributed by atoms with van der Waals surface area (Å²) in [5.41, 5.74) is 9.01. The summed E-state index contributed by atoms with van der Waals surface area (Å²) in [5, 5.41) is 8.44. The van der Waals surface area contributed by atoms with Gasteiger partial charge >= 0.3 is 0 Å². The highest BCUT2D eigenvalue weighted by atomic mass is 16.2. The van der Waals surface area contributed by atoms with E-state index >= 15 is 0 Å². The van der Waals surface area contributed by atoms with E-state index in [1.165, 1.54) is 0 Å². The molecule has 33 heavy (non-hydrogen) atoms. The van der Waals surface area contributed by atoms with Crippen molar-refractivity contribution in [2.45, 2.75) is 59.7 Å². The first kappa shape index (κ1) is 22.8. The molecule has 9 nitrogen and oxygen atoms in total. The molecule has 1 amide bonds. The molecule has 1 aliphatic rings. The van der Waals surface area contributed by atoms with E-state index in [9.17, 15) is 4.79 Å². The van der Waals surface area contributed by atoms with Gasteiger partial charge in [0.2, 0.25) is 0 Å². The highest BCUT2D eigenvalue weighted by Gasteiger charge is 2.33. The van der Waals surface area contributed by atoms with Crippen LogP contribution in [-0.2, 0) is 13.1 Å². The van der Waals surface area contributed by atoms with Crippen molar-refractivity contribution in [2.24, 2.45) is 5.73 Å². The van der Waals surface area contributed by atoms with Crippen molar-refractivity contribution in [2.75, 3.05) is 22.9 Å². The third kappa shape index (κ3) is 4.08. The van der Waals surface area contributed by atoms with Gasteiger partial charge in [0.1, 0.15) is 23.7 Å². The Morgan fingerprint density at radius 1 is 1.12 bits per heavy atom. The number of nitrogens with zero attached hydrogens (tertiary/aromatic N) is 7. The van der Waals surface area contributed by atoms with E-state index in [4.69, 9.17) is 15.7 Å². The number of anilines is 2. The van der Waals surface area contributed by atoms with Gasteiger partial charge < -0.3 is 15.2 Å². The van der Waals surface area contributed by atoms with Crippen LogP contribution in [0, 0.1) is 0 Å². The number of pyridine rings is 2. The van der Waals surface area contributed by atoms with Gasteiger partial charge in [-0.2, -0.15) is 0 Å². The number of hydrogen-bond acceptors (Lipinski definition) is 7. The summed E-state index contributed by atoms with van der Waals surface area (Å²) < 4.78 is 2.07. The van der Waals surface area contributed by atoms with Gasteiger partial charge in [0.25, 0.3) is 5.91 Å². The minimum atomic E-state index is -0.0818. The highest BCUT2D eigenvalue weighted by Crippen LogP contribution is 2.32. The molecule has 0 spiro atoms. The second kappa shape index (κ2) is 9.66. The fourth-order valence-corrected chi connectivity index (χ4v) is 4.49. The third-order valence-corrected chi connectivity index (χ3v) is 6.42. The van der Waals surface area contributed by atoms with Gasteiger partial charge in [-0.3, -0.25) is 9.69 Å². The van der Waals surface area contributed by atoms with Gasteiger partial charge in [-0.05, 0) is 44.9 Å². The molecule has 4 heterocycles. The molecule has 4 rings (SSSR count). The molecule has 9 heteroatoms. The second-order valence-corrected chi connectivity index (χ2v) is 8.13. The maximum Gasteiger partial charge on any atom is 0.260 e. The minimum absolute atomic E-state index is 0.0818. The molecular formula is C24H32N8O. The van der Waals surface area contributed by atoms with Crippen LogP contribution in [0.4, 0.5) is 11.6 Å². The van der Waals surface area contributed by atoms with E-state index in [1.807, 2.05) is 24.3 Å². The summed E-state index contributed by atoms with van der Waals surface area (Å²) in [6.07, 6.45) is 3.71. The van der Waals surface area contributed by atoms with Gasteiger partial charge in [0.15, 0.2) is 5.82 Å². The molecule has 2 N–H and O–H groups in total. The fourth-order valence-electron chi connectivity index (χ4n) is 4.49. The lowest BCUT2D eigenvalue weighted by Crippen LogP contribution is -2.25. The normalized spacial score (nSPS) is 13.2. The minimum Gasteiger partial charge on any atom is -0.357 e. The Balaban J connectivity index is 1.70. The first-order chi connectivity index (χ1) is 16.1. The number of aromatic nitrogens is 5. The van der Waals surface area contributed by atoms with E-state index in [0.29, 0.717) is 35.5 Å². The van der Waals surface area contributed by atoms with E-state index in [1.54, 1.807) is 11.2 Å². The zero-order valence-electron chi connectivity index (χ0n) is 19.8. The zero-order chi connectivity index (χ0) is 23.5. The van der Waals surface area contributed by atoms with Crippen molar-refractivity contribution in [1.82, 2.24) is 24.7 Å². The average Bonchev–Trinajstić information content (AvgIpc) is 3.46. The largest absolute Gasteiger partial charge is 0.357 e. The summed E-state index contributed by atoms with van der Waals surface area (Å²) in [6.45, 7) is 10.8. The summed E-state index contributed by atoms with van der Waals surface area (Å²) in [4.78, 5) is 26.8. The third-order valence-electron chi connectivity index (χ3n) is 6.42. The maximum atomic E-state index is 13.4. The van der Waals surface area contributed by atoms with E-state index in [0.717, 1.165) is 43.0 Å². The van der Waals surface area contributed by atoms with Crippen molar-refractivity contribution >= 4 is 17.5 Å². The lowest BCUT2D eigenvalue weighted by atomic mass is 10.1. The molecule has 0 bridgehead atoms. The first-order valence-electron chi connectivity index (χ1n) is 11.7. The fraction of sp³-hybridized carbons (Fsp3) is 0.458. The SMILES string of the molecule is CCC(CC)n1cnnc1-c1cccc(N2Cc3c(cc(N(CC)CC)nc3CN)C2=O)n1. The number of amides is 1. The summed E-state index contributed by atoms with van der Waals surface area (Å²) >= 11 is 0. The standard InChI is InChI=1S/C24H32N8O/c1-5-16(6-2)32-15-26-29-23(32)19-10-9-11-21(27-19)31-14-18-17(24(31)33)12-22(28-20(18)13-25)30(7-3)8-4/h9-12,15-16H,5-8,13-14,25H2,1-4H3. The highest BCUT2D eigenvalue weighted by molar-refractivity contribution is 6.10. The quantitative estimate of drug-likeness (QED) is 0.533. The van der Waals surface area contributed by atoms with Crippen LogP contribution in [-0.4, -0.2) is 43.7 Å². The number of nitrogens with two attached hydrogens (primary N) is 1. The molecule has 0 atom stereocenters. The molecule has 0 saturated heterocycles. The monoisotopic (exact) mass is 448 g/mol. The molecule has 0 aromatic carbocycles. The van der Waals surface area contributed by atoms with Crippen molar-refractivity contribution < 1.29 is 4.79 Å². The van der Waals surface area contributed by atoms with E-state index < -0.39 is 0 Å². The summed E-state index contributed by atoms with van der Waals surface area (Å²) in [6, 6.07) is 7.85. The second-order valence-electron chi connectivity index (χ2n) is 8.13. The van der Waals surface area contributed by atoms with E-state index in [-0.39, 0.29) is 12.5 Å². The number of rotatable bonds is 9. The maximum absolute atomic E-state index is 13.4. The predicted molar refractivity (Wildman–Crippen MR) is 129 cm³/mol. The Labute approximate surface area is 194 Å². The molecule has 1 aliphatic heterocycles. The first-order valence-corrected chi connectivity index (χ1v) is 11.7. The molecule has 3 aromatic heterocycles. The van der Waals surface area contributed by atoms with Gasteiger partial charge in [-0.15, -0.1) is 10.2 Å². The van der Waals surface area contributed by atoms with E-state index in [2.05, 4.69) is 47.4 Å². The Morgan fingerprint density at radius 2 is 1.88 bits per heavy atom. The molecule has 0 aliphatic carbocycles. The predicted octanol–water partition coefficient (Wildman–Crippen LogP) is 3.56. The number of carbonyl (C=O) groups is 1. The molecule has 0 fully saturated rings. The van der Waals surface area contributed by atoms with Crippen LogP contribution in [0.3, 0.4) is 0 Å². The molecular weight excluding hydrogens is 416 g/mol. The van der Waals surface area contributed by atoms with Crippen LogP contribution in [0.1, 0.15) is 68.2 Å². The van der Waals surface area contributed by atoms with Gasteiger partial charge in [-0.1, -0.05) is 19.9 Å². The topological polar surface area (TPSA) is 106 Å². The van der Waals surface area contributed by atoms with Crippen molar-refractivity contribution in [3.8, 4) is 11.5 Å². The zero-order valence-corrected chi connectivity index (χ0v) is 19.8. The Morgan fingerprint density at radius 3 is 2.55 bits per heavy atom. The lowest BCUT2D eigenvalue weighted by Gasteiger charge is -2.21. The lowest BCUT2D eigenvalue weighted by molar-refractivity contribution is 0.0996. The molecule has 0 unspecified atom stereocenters. The number of carbonyl (C=O) groups excluding carboxylic acids is 1. The van der Waals surface area contributed by atoms with Crippen LogP contribution < -0.4 is 15.5 Å². The molecule has 3 aromatic rings. The van der Waals surface area contributed by atoms with Crippen LogP contribution in [0.2, 0.25) is 0 Å². The Bertz CT molecular complexity index is 1130. The van der Waals surface area contributed by atoms with Gasteiger partial charge in [-0.25, -0.2) is 9.97 Å². The molecule has 0 radical (unpaired) electrons. The van der Waals surface area contributed by atoms with Crippen LogP contribution in [0.15, 0.2) is 30.6 Å². The van der Waals surface area contributed by atoms with Crippen molar-refractivity contribution in [3.63, 3.8) is 0 Å². The average molecular weight is 449 g/mol. The Kier molecular flexibility index (Phi) is 6.69. The van der Waals surface area contributed by atoms with Crippen molar-refractivity contribution in [3.05, 3.63) is 47.4 Å². The van der Waals surface area contributed by atoms with Crippen LogP contribution in [0.25, 0.3) is 11.5 Å². The van der Waals surface area contributed by atoms with Crippen LogP contribution >= 0.6 is 0 Å². The van der Waals surface area contributed by atoms with Crippen molar-refractivity contribution in [1.29, 1.82) is 0 Å². The van der Waals surface area contributed by atoms with Crippen LogP contribution in [0.5, 0.6) is 0 Å². The molecule has 174 valence electrons. The van der Waals surface area contributed by atoms with Gasteiger partial charge in [0.05, 0.1) is 17.8 Å². The smallest absolute Gasteiger partial charge is 0.260 e. The molecule has 0 saturated carbocycles.